The van der Waals surface area contributed by atoms with Crippen LogP contribution in [0.3, 0.4) is 0 Å². The molecule has 0 unspecified atom stereocenters. The van der Waals surface area contributed by atoms with Crippen LogP contribution < -0.4 is 15.2 Å². The van der Waals surface area contributed by atoms with Crippen molar-refractivity contribution in [1.82, 2.24) is 9.80 Å². The first-order chi connectivity index (χ1) is 12.6. The summed E-state index contributed by atoms with van der Waals surface area (Å²) in [5.41, 5.74) is 6.05. The maximum Gasteiger partial charge on any atom is 0.254 e. The minimum absolute atomic E-state index is 0.0416. The van der Waals surface area contributed by atoms with Crippen molar-refractivity contribution >= 4 is 5.91 Å². The van der Waals surface area contributed by atoms with Gasteiger partial charge < -0.3 is 25.2 Å². The fourth-order valence-electron chi connectivity index (χ4n) is 3.74. The number of carbonyl (C=O) groups excluding carboxylic acids is 1. The smallest absolute Gasteiger partial charge is 0.254 e. The Bertz CT molecular complexity index is 619. The lowest BCUT2D eigenvalue weighted by molar-refractivity contribution is 0.0762. The minimum atomic E-state index is -0.490. The molecule has 144 valence electrons. The van der Waals surface area contributed by atoms with Gasteiger partial charge in [-0.25, -0.2) is 0 Å². The van der Waals surface area contributed by atoms with E-state index < -0.39 is 6.10 Å². The molecule has 1 amide bonds. The molecule has 2 fully saturated rings. The van der Waals surface area contributed by atoms with Crippen molar-refractivity contribution < 1.29 is 19.4 Å². The molecule has 0 saturated carbocycles. The SMILES string of the molecule is COc1ccc(C(=O)N2C[C@H](O)[C@@H](N3CCCC3)C2)cc1OCCCN. The quantitative estimate of drug-likeness (QED) is 0.694. The Morgan fingerprint density at radius 3 is 2.73 bits per heavy atom. The number of β-amino-alcohol motifs (C(OH)–C–C–N with tert-alkyl or cyclic N) is 1. The third kappa shape index (κ3) is 4.11. The van der Waals surface area contributed by atoms with E-state index in [1.807, 2.05) is 0 Å². The molecule has 0 aliphatic carbocycles. The number of aliphatic hydroxyl groups is 1. The number of nitrogens with zero attached hydrogens (tertiary/aromatic N) is 2. The lowest BCUT2D eigenvalue weighted by Gasteiger charge is -2.25. The number of methoxy groups -OCH3 is 1. The van der Waals surface area contributed by atoms with Gasteiger partial charge in [0.1, 0.15) is 0 Å². The monoisotopic (exact) mass is 363 g/mol. The lowest BCUT2D eigenvalue weighted by Crippen LogP contribution is -2.41. The van der Waals surface area contributed by atoms with Crippen molar-refractivity contribution in [2.24, 2.45) is 5.73 Å². The molecule has 1 aromatic carbocycles. The highest BCUT2D eigenvalue weighted by Crippen LogP contribution is 2.30. The van der Waals surface area contributed by atoms with E-state index in [1.54, 1.807) is 30.2 Å². The molecule has 3 rings (SSSR count). The highest BCUT2D eigenvalue weighted by Gasteiger charge is 2.38. The van der Waals surface area contributed by atoms with Gasteiger partial charge >= 0.3 is 0 Å². The molecule has 2 heterocycles. The summed E-state index contributed by atoms with van der Waals surface area (Å²) in [5.74, 6) is 1.05. The first-order valence-corrected chi connectivity index (χ1v) is 9.36. The summed E-state index contributed by atoms with van der Waals surface area (Å²) in [7, 11) is 1.57. The van der Waals surface area contributed by atoms with Crippen molar-refractivity contribution in [3.63, 3.8) is 0 Å². The van der Waals surface area contributed by atoms with Crippen molar-refractivity contribution in [1.29, 1.82) is 0 Å². The maximum absolute atomic E-state index is 12.9. The predicted molar refractivity (Wildman–Crippen MR) is 98.7 cm³/mol. The van der Waals surface area contributed by atoms with Crippen LogP contribution in [-0.2, 0) is 0 Å². The van der Waals surface area contributed by atoms with Crippen LogP contribution in [0.15, 0.2) is 18.2 Å². The number of ether oxygens (including phenoxy) is 2. The number of nitrogens with two attached hydrogens (primary N) is 1. The van der Waals surface area contributed by atoms with Gasteiger partial charge in [0.25, 0.3) is 5.91 Å². The Hall–Kier alpha value is -1.83. The van der Waals surface area contributed by atoms with Gasteiger partial charge in [-0.3, -0.25) is 9.69 Å². The Labute approximate surface area is 154 Å². The molecule has 2 atom stereocenters. The molecule has 7 heteroatoms. The Morgan fingerprint density at radius 2 is 2.04 bits per heavy atom. The minimum Gasteiger partial charge on any atom is -0.493 e. The van der Waals surface area contributed by atoms with Crippen LogP contribution in [0.1, 0.15) is 29.6 Å². The van der Waals surface area contributed by atoms with Crippen molar-refractivity contribution in [3.05, 3.63) is 23.8 Å². The van der Waals surface area contributed by atoms with Crippen molar-refractivity contribution in [3.8, 4) is 11.5 Å². The van der Waals surface area contributed by atoms with Gasteiger partial charge in [0.15, 0.2) is 11.5 Å². The number of carbonyl (C=O) groups is 1. The zero-order chi connectivity index (χ0) is 18.5. The molecule has 1 aromatic rings. The molecule has 7 nitrogen and oxygen atoms in total. The van der Waals surface area contributed by atoms with Gasteiger partial charge in [0.05, 0.1) is 25.9 Å². The zero-order valence-electron chi connectivity index (χ0n) is 15.4. The van der Waals surface area contributed by atoms with Crippen LogP contribution in [0.25, 0.3) is 0 Å². The van der Waals surface area contributed by atoms with E-state index in [4.69, 9.17) is 15.2 Å². The maximum atomic E-state index is 12.9. The number of benzene rings is 1. The van der Waals surface area contributed by atoms with E-state index in [1.165, 1.54) is 12.8 Å². The van der Waals surface area contributed by atoms with Crippen LogP contribution >= 0.6 is 0 Å². The molecule has 2 aliphatic heterocycles. The first kappa shape index (κ1) is 18.9. The second kappa shape index (κ2) is 8.70. The third-order valence-electron chi connectivity index (χ3n) is 5.17. The van der Waals surface area contributed by atoms with E-state index in [-0.39, 0.29) is 11.9 Å². The molecule has 0 spiro atoms. The second-order valence-corrected chi connectivity index (χ2v) is 6.94. The van der Waals surface area contributed by atoms with Crippen molar-refractivity contribution in [2.75, 3.05) is 46.4 Å². The highest BCUT2D eigenvalue weighted by atomic mass is 16.5. The fourth-order valence-corrected chi connectivity index (χ4v) is 3.74. The van der Waals surface area contributed by atoms with Crippen LogP contribution in [0, 0.1) is 0 Å². The van der Waals surface area contributed by atoms with Crippen LogP contribution in [0.4, 0.5) is 0 Å². The number of rotatable bonds is 7. The molecular formula is C19H29N3O4. The summed E-state index contributed by atoms with van der Waals surface area (Å²) in [6.45, 7) is 3.97. The lowest BCUT2D eigenvalue weighted by atomic mass is 10.1. The molecule has 2 aliphatic rings. The number of hydrogen-bond acceptors (Lipinski definition) is 6. The summed E-state index contributed by atoms with van der Waals surface area (Å²) in [4.78, 5) is 16.9. The van der Waals surface area contributed by atoms with Gasteiger partial charge in [-0.15, -0.1) is 0 Å². The van der Waals surface area contributed by atoms with E-state index in [9.17, 15) is 9.90 Å². The summed E-state index contributed by atoms with van der Waals surface area (Å²) in [5, 5.41) is 10.4. The number of likely N-dealkylation sites (tertiary alicyclic amines) is 2. The van der Waals surface area contributed by atoms with E-state index >= 15 is 0 Å². The fraction of sp³-hybridized carbons (Fsp3) is 0.632. The summed E-state index contributed by atoms with van der Waals surface area (Å²) < 4.78 is 11.0. The number of aliphatic hydroxyl groups excluding tert-OH is 1. The molecule has 0 aromatic heterocycles. The Balaban J connectivity index is 1.69. The summed E-state index contributed by atoms with van der Waals surface area (Å²) >= 11 is 0. The van der Waals surface area contributed by atoms with E-state index in [0.717, 1.165) is 19.5 Å². The average molecular weight is 363 g/mol. The standard InChI is InChI=1S/C19H29N3O4/c1-25-17-6-5-14(11-18(17)26-10-4-7-20)19(24)22-12-15(16(23)13-22)21-8-2-3-9-21/h5-6,11,15-16,23H,2-4,7-10,12-13,20H2,1H3/t15-,16-/m0/s1. The Kier molecular flexibility index (Phi) is 6.34. The van der Waals surface area contributed by atoms with E-state index in [0.29, 0.717) is 43.3 Å². The van der Waals surface area contributed by atoms with Crippen molar-refractivity contribution in [2.45, 2.75) is 31.4 Å². The predicted octanol–water partition coefficient (Wildman–Crippen LogP) is 0.704. The summed E-state index contributed by atoms with van der Waals surface area (Å²) in [6.07, 6.45) is 2.57. The average Bonchev–Trinajstić information content (AvgIpc) is 3.30. The molecule has 0 radical (unpaired) electrons. The molecular weight excluding hydrogens is 334 g/mol. The third-order valence-corrected chi connectivity index (χ3v) is 5.17. The van der Waals surface area contributed by atoms with Gasteiger partial charge in [-0.05, 0) is 57.1 Å². The largest absolute Gasteiger partial charge is 0.493 e. The second-order valence-electron chi connectivity index (χ2n) is 6.94. The molecule has 0 bridgehead atoms. The van der Waals surface area contributed by atoms with Gasteiger partial charge in [-0.2, -0.15) is 0 Å². The van der Waals surface area contributed by atoms with Gasteiger partial charge in [-0.1, -0.05) is 0 Å². The highest BCUT2D eigenvalue weighted by molar-refractivity contribution is 5.95. The van der Waals surface area contributed by atoms with E-state index in [2.05, 4.69) is 4.90 Å². The van der Waals surface area contributed by atoms with Gasteiger partial charge in [0, 0.05) is 18.7 Å². The normalized spacial score (nSPS) is 23.4. The number of hydrogen-bond donors (Lipinski definition) is 2. The van der Waals surface area contributed by atoms with Crippen LogP contribution in [-0.4, -0.2) is 79.4 Å². The summed E-state index contributed by atoms with van der Waals surface area (Å²) in [6, 6.07) is 5.25. The Morgan fingerprint density at radius 1 is 1.27 bits per heavy atom. The topological polar surface area (TPSA) is 88.3 Å². The molecule has 2 saturated heterocycles. The van der Waals surface area contributed by atoms with Crippen LogP contribution in [0.5, 0.6) is 11.5 Å². The molecule has 26 heavy (non-hydrogen) atoms. The first-order valence-electron chi connectivity index (χ1n) is 9.36. The van der Waals surface area contributed by atoms with Crippen LogP contribution in [0.2, 0.25) is 0 Å². The molecule has 3 N–H and O–H groups in total. The number of amides is 1. The zero-order valence-corrected chi connectivity index (χ0v) is 15.4. The van der Waals surface area contributed by atoms with Gasteiger partial charge in [0.2, 0.25) is 0 Å².